The Balaban J connectivity index is 2.50. The number of hydrogen-bond acceptors (Lipinski definition) is 2. The van der Waals surface area contributed by atoms with E-state index in [1.165, 1.54) is 5.56 Å². The Kier molecular flexibility index (Phi) is 6.43. The van der Waals surface area contributed by atoms with Crippen molar-refractivity contribution in [2.24, 2.45) is 0 Å². The van der Waals surface area contributed by atoms with Gasteiger partial charge < -0.3 is 0 Å². The van der Waals surface area contributed by atoms with Crippen LogP contribution in [0.2, 0.25) is 5.15 Å². The molecule has 0 spiro atoms. The van der Waals surface area contributed by atoms with Gasteiger partial charge in [0.1, 0.15) is 5.15 Å². The normalized spacial score (nSPS) is 15.3. The fourth-order valence-electron chi connectivity index (χ4n) is 2.55. The number of hydrogen-bond donors (Lipinski definition) is 1. The van der Waals surface area contributed by atoms with Crippen LogP contribution < -0.4 is 4.72 Å². The number of rotatable bonds is 6. The summed E-state index contributed by atoms with van der Waals surface area (Å²) in [5.41, 5.74) is 3.36. The number of halogens is 1. The van der Waals surface area contributed by atoms with Crippen LogP contribution in [0.1, 0.15) is 45.2 Å². The van der Waals surface area contributed by atoms with Gasteiger partial charge in [-0.05, 0) is 58.7 Å². The van der Waals surface area contributed by atoms with Crippen molar-refractivity contribution in [1.82, 2.24) is 9.71 Å². The van der Waals surface area contributed by atoms with E-state index in [-0.39, 0.29) is 4.75 Å². The molecule has 0 radical (unpaired) electrons. The van der Waals surface area contributed by atoms with Gasteiger partial charge in [-0.15, -0.1) is 6.58 Å². The van der Waals surface area contributed by atoms with Crippen LogP contribution in [-0.2, 0) is 16.5 Å². The molecule has 0 fully saturated rings. The van der Waals surface area contributed by atoms with Crippen LogP contribution in [0.5, 0.6) is 0 Å². The molecule has 0 bridgehead atoms. The molecule has 2 unspecified atom stereocenters. The fourth-order valence-corrected chi connectivity index (χ4v) is 3.68. The van der Waals surface area contributed by atoms with E-state index in [1.54, 1.807) is 0 Å². The number of pyridine rings is 1. The minimum atomic E-state index is -1.23. The maximum absolute atomic E-state index is 12.7. The second kappa shape index (κ2) is 8.03. The minimum Gasteiger partial charge on any atom is -0.242 e. The Bertz CT molecular complexity index is 812. The maximum Gasteiger partial charge on any atom is 0.130 e. The molecule has 2 atom stereocenters. The Morgan fingerprint density at radius 1 is 1.19 bits per heavy atom. The average Bonchev–Trinajstić information content (AvgIpc) is 2.54. The fraction of sp³-hybridized carbons (Fsp3) is 0.381. The zero-order valence-electron chi connectivity index (χ0n) is 16.1. The minimum absolute atomic E-state index is 0.376. The average molecular weight is 391 g/mol. The Morgan fingerprint density at radius 2 is 1.81 bits per heavy atom. The standard InChI is InChI=1S/C21H27ClN2OS/c1-7-12-21(6,24-26(25)20(3,4)5)17-13-18(23-19(22)14-17)16-10-8-15(2)9-11-16/h7-11,13-14,24H,1,12H2,2-6H3. The number of nitrogens with zero attached hydrogens (tertiary/aromatic N) is 1. The number of nitrogens with one attached hydrogen (secondary N) is 1. The summed E-state index contributed by atoms with van der Waals surface area (Å²) in [6, 6.07) is 12.0. The summed E-state index contributed by atoms with van der Waals surface area (Å²) >= 11 is 6.32. The molecule has 1 aromatic heterocycles. The van der Waals surface area contributed by atoms with E-state index in [2.05, 4.69) is 16.3 Å². The summed E-state index contributed by atoms with van der Waals surface area (Å²) in [6.07, 6.45) is 2.44. The molecule has 5 heteroatoms. The smallest absolute Gasteiger partial charge is 0.130 e. The maximum atomic E-state index is 12.7. The Hall–Kier alpha value is -1.49. The molecule has 1 N–H and O–H groups in total. The summed E-state index contributed by atoms with van der Waals surface area (Å²) in [5.74, 6) is 0. The highest BCUT2D eigenvalue weighted by Crippen LogP contribution is 2.32. The van der Waals surface area contributed by atoms with Gasteiger partial charge in [0, 0.05) is 5.56 Å². The van der Waals surface area contributed by atoms with E-state index in [9.17, 15) is 4.21 Å². The van der Waals surface area contributed by atoms with E-state index in [1.807, 2.05) is 77.1 Å². The van der Waals surface area contributed by atoms with Crippen molar-refractivity contribution < 1.29 is 4.21 Å². The van der Waals surface area contributed by atoms with Gasteiger partial charge in [0.05, 0.1) is 27.0 Å². The van der Waals surface area contributed by atoms with Gasteiger partial charge in [-0.25, -0.2) is 13.9 Å². The summed E-state index contributed by atoms with van der Waals surface area (Å²) in [6.45, 7) is 13.8. The van der Waals surface area contributed by atoms with E-state index in [4.69, 9.17) is 11.6 Å². The van der Waals surface area contributed by atoms with E-state index < -0.39 is 16.5 Å². The van der Waals surface area contributed by atoms with Gasteiger partial charge in [0.25, 0.3) is 0 Å². The van der Waals surface area contributed by atoms with Crippen molar-refractivity contribution in [1.29, 1.82) is 0 Å². The first-order valence-corrected chi connectivity index (χ1v) is 10.1. The quantitative estimate of drug-likeness (QED) is 0.518. The molecule has 1 heterocycles. The van der Waals surface area contributed by atoms with Crippen molar-refractivity contribution in [3.63, 3.8) is 0 Å². The molecule has 140 valence electrons. The monoisotopic (exact) mass is 390 g/mol. The van der Waals surface area contributed by atoms with Crippen LogP contribution in [-0.4, -0.2) is 13.9 Å². The predicted octanol–water partition coefficient (Wildman–Crippen LogP) is 5.55. The lowest BCUT2D eigenvalue weighted by atomic mass is 9.89. The van der Waals surface area contributed by atoms with Crippen molar-refractivity contribution in [2.45, 2.75) is 51.3 Å². The van der Waals surface area contributed by atoms with E-state index >= 15 is 0 Å². The number of aryl methyl sites for hydroxylation is 1. The highest BCUT2D eigenvalue weighted by Gasteiger charge is 2.32. The first kappa shape index (κ1) is 20.8. The lowest BCUT2D eigenvalue weighted by Gasteiger charge is -2.33. The van der Waals surface area contributed by atoms with Gasteiger partial charge in [-0.2, -0.15) is 0 Å². The van der Waals surface area contributed by atoms with Crippen LogP contribution in [0.15, 0.2) is 49.1 Å². The molecule has 0 aliphatic rings. The first-order valence-electron chi connectivity index (χ1n) is 8.61. The lowest BCUT2D eigenvalue weighted by molar-refractivity contribution is 0.446. The molecule has 0 saturated heterocycles. The van der Waals surface area contributed by atoms with Crippen LogP contribution in [0.4, 0.5) is 0 Å². The van der Waals surface area contributed by atoms with Crippen molar-refractivity contribution in [3.8, 4) is 11.3 Å². The van der Waals surface area contributed by atoms with Gasteiger partial charge in [-0.1, -0.05) is 47.5 Å². The second-order valence-corrected chi connectivity index (χ2v) is 10.1. The van der Waals surface area contributed by atoms with Crippen LogP contribution >= 0.6 is 11.6 Å². The summed E-state index contributed by atoms with van der Waals surface area (Å²) in [7, 11) is -1.23. The van der Waals surface area contributed by atoms with Gasteiger partial charge in [-0.3, -0.25) is 0 Å². The highest BCUT2D eigenvalue weighted by molar-refractivity contribution is 7.84. The largest absolute Gasteiger partial charge is 0.242 e. The molecule has 0 aliphatic heterocycles. The summed E-state index contributed by atoms with van der Waals surface area (Å²) in [5, 5.41) is 0.414. The highest BCUT2D eigenvalue weighted by atomic mass is 35.5. The number of benzene rings is 1. The molecule has 0 aliphatic carbocycles. The van der Waals surface area contributed by atoms with Gasteiger partial charge in [0.15, 0.2) is 0 Å². The zero-order valence-corrected chi connectivity index (χ0v) is 17.7. The summed E-state index contributed by atoms with van der Waals surface area (Å²) < 4.78 is 15.6. The summed E-state index contributed by atoms with van der Waals surface area (Å²) in [4.78, 5) is 4.47. The zero-order chi connectivity index (χ0) is 19.5. The molecule has 0 saturated carbocycles. The molecule has 0 amide bonds. The number of aromatic nitrogens is 1. The first-order chi connectivity index (χ1) is 12.0. The van der Waals surface area contributed by atoms with Crippen molar-refractivity contribution >= 4 is 22.6 Å². The molecule has 26 heavy (non-hydrogen) atoms. The third-order valence-electron chi connectivity index (χ3n) is 4.21. The van der Waals surface area contributed by atoms with Gasteiger partial charge in [0.2, 0.25) is 0 Å². The van der Waals surface area contributed by atoms with Gasteiger partial charge >= 0.3 is 0 Å². The SMILES string of the molecule is C=CCC(C)(NS(=O)C(C)(C)C)c1cc(Cl)nc(-c2ccc(C)cc2)c1. The third-order valence-corrected chi connectivity index (χ3v) is 6.15. The van der Waals surface area contributed by atoms with Crippen molar-refractivity contribution in [2.75, 3.05) is 0 Å². The van der Waals surface area contributed by atoms with Crippen molar-refractivity contribution in [3.05, 3.63) is 65.3 Å². The van der Waals surface area contributed by atoms with Crippen LogP contribution in [0.25, 0.3) is 11.3 Å². The molecule has 1 aromatic carbocycles. The predicted molar refractivity (Wildman–Crippen MR) is 113 cm³/mol. The second-order valence-electron chi connectivity index (χ2n) is 7.74. The van der Waals surface area contributed by atoms with E-state index in [0.717, 1.165) is 16.8 Å². The van der Waals surface area contributed by atoms with E-state index in [0.29, 0.717) is 11.6 Å². The lowest BCUT2D eigenvalue weighted by Crippen LogP contribution is -2.46. The molecule has 3 nitrogen and oxygen atoms in total. The Morgan fingerprint density at radius 3 is 2.35 bits per heavy atom. The Labute approximate surface area is 164 Å². The topological polar surface area (TPSA) is 42.0 Å². The molecular weight excluding hydrogens is 364 g/mol. The molecular formula is C21H27ClN2OS. The third kappa shape index (κ3) is 5.03. The molecule has 2 rings (SSSR count). The van der Waals surface area contributed by atoms with Crippen LogP contribution in [0, 0.1) is 6.92 Å². The molecule has 2 aromatic rings. The van der Waals surface area contributed by atoms with Crippen LogP contribution in [0.3, 0.4) is 0 Å².